The molecule has 0 bridgehead atoms. The van der Waals surface area contributed by atoms with Crippen LogP contribution >= 0.6 is 0 Å². The zero-order chi connectivity index (χ0) is 15.2. The van der Waals surface area contributed by atoms with Crippen molar-refractivity contribution in [3.05, 3.63) is 36.0 Å². The smallest absolute Gasteiger partial charge is 0.226 e. The Bertz CT molecular complexity index is 551. The highest BCUT2D eigenvalue weighted by Gasteiger charge is 2.15. The van der Waals surface area contributed by atoms with Crippen LogP contribution in [0, 0.1) is 17.7 Å². The highest BCUT2D eigenvalue weighted by Crippen LogP contribution is 2.22. The second-order valence-corrected chi connectivity index (χ2v) is 5.64. The summed E-state index contributed by atoms with van der Waals surface area (Å²) in [7, 11) is 0. The predicted octanol–water partition coefficient (Wildman–Crippen LogP) is 3.43. The number of benzene rings is 1. The third kappa shape index (κ3) is 4.36. The average molecular weight is 291 g/mol. The number of rotatable bonds is 7. The first-order valence-corrected chi connectivity index (χ1v) is 7.38. The Kier molecular flexibility index (Phi) is 5.44. The van der Waals surface area contributed by atoms with E-state index in [0.717, 1.165) is 24.8 Å². The lowest BCUT2D eigenvalue weighted by molar-refractivity contribution is 0.313. The second kappa shape index (κ2) is 7.31. The van der Waals surface area contributed by atoms with Gasteiger partial charge in [0.05, 0.1) is 0 Å². The third-order valence-electron chi connectivity index (χ3n) is 3.78. The number of aromatic nitrogens is 2. The molecular formula is C16H22FN3O. The van der Waals surface area contributed by atoms with Crippen molar-refractivity contribution in [2.75, 3.05) is 6.54 Å². The molecule has 0 spiro atoms. The zero-order valence-electron chi connectivity index (χ0n) is 12.6. The van der Waals surface area contributed by atoms with Crippen LogP contribution in [-0.2, 0) is 6.42 Å². The highest BCUT2D eigenvalue weighted by molar-refractivity contribution is 5.53. The summed E-state index contributed by atoms with van der Waals surface area (Å²) in [6, 6.07) is 6.08. The van der Waals surface area contributed by atoms with Crippen LogP contribution in [0.2, 0.25) is 0 Å². The number of nitrogens with two attached hydrogens (primary N) is 1. The Morgan fingerprint density at radius 1 is 1.19 bits per heavy atom. The standard InChI is InChI=1S/C16H22FN3O/c1-11(2)12(9-10-18)5-8-15-19-16(20-21-15)13-3-6-14(17)7-4-13/h3-4,6-7,11-12H,5,8-10,18H2,1-2H3. The summed E-state index contributed by atoms with van der Waals surface area (Å²) in [5.41, 5.74) is 6.40. The van der Waals surface area contributed by atoms with Crippen LogP contribution < -0.4 is 5.73 Å². The fourth-order valence-electron chi connectivity index (χ4n) is 2.41. The van der Waals surface area contributed by atoms with E-state index in [2.05, 4.69) is 24.0 Å². The number of hydrogen-bond donors (Lipinski definition) is 1. The van der Waals surface area contributed by atoms with Crippen molar-refractivity contribution in [2.45, 2.75) is 33.1 Å². The van der Waals surface area contributed by atoms with Gasteiger partial charge in [0.15, 0.2) is 0 Å². The molecular weight excluding hydrogens is 269 g/mol. The number of hydrogen-bond acceptors (Lipinski definition) is 4. The monoisotopic (exact) mass is 291 g/mol. The molecule has 1 atom stereocenters. The van der Waals surface area contributed by atoms with Gasteiger partial charge >= 0.3 is 0 Å². The predicted molar refractivity (Wildman–Crippen MR) is 80.0 cm³/mol. The van der Waals surface area contributed by atoms with Gasteiger partial charge in [-0.1, -0.05) is 19.0 Å². The van der Waals surface area contributed by atoms with Crippen molar-refractivity contribution in [2.24, 2.45) is 17.6 Å². The van der Waals surface area contributed by atoms with E-state index in [1.807, 2.05) is 0 Å². The van der Waals surface area contributed by atoms with E-state index >= 15 is 0 Å². The van der Waals surface area contributed by atoms with Gasteiger partial charge in [-0.2, -0.15) is 4.98 Å². The van der Waals surface area contributed by atoms with E-state index in [4.69, 9.17) is 10.3 Å². The van der Waals surface area contributed by atoms with Crippen LogP contribution in [0.1, 0.15) is 32.6 Å². The molecule has 0 saturated carbocycles. The molecule has 21 heavy (non-hydrogen) atoms. The molecule has 4 nitrogen and oxygen atoms in total. The van der Waals surface area contributed by atoms with E-state index in [9.17, 15) is 4.39 Å². The molecule has 0 aliphatic heterocycles. The van der Waals surface area contributed by atoms with Crippen molar-refractivity contribution in [3.63, 3.8) is 0 Å². The maximum Gasteiger partial charge on any atom is 0.226 e. The summed E-state index contributed by atoms with van der Waals surface area (Å²) in [5.74, 6) is 2.01. The first-order valence-electron chi connectivity index (χ1n) is 7.38. The fourth-order valence-corrected chi connectivity index (χ4v) is 2.41. The normalized spacial score (nSPS) is 12.8. The van der Waals surface area contributed by atoms with Gasteiger partial charge in [0.25, 0.3) is 0 Å². The van der Waals surface area contributed by atoms with E-state index in [0.29, 0.717) is 30.1 Å². The maximum absolute atomic E-state index is 12.9. The number of halogens is 1. The minimum Gasteiger partial charge on any atom is -0.339 e. The van der Waals surface area contributed by atoms with Crippen molar-refractivity contribution in [1.82, 2.24) is 10.1 Å². The first kappa shape index (κ1) is 15.6. The Morgan fingerprint density at radius 3 is 2.52 bits per heavy atom. The van der Waals surface area contributed by atoms with Gasteiger partial charge in [-0.25, -0.2) is 4.39 Å². The molecule has 1 aromatic heterocycles. The average Bonchev–Trinajstić information content (AvgIpc) is 2.92. The van der Waals surface area contributed by atoms with Gasteiger partial charge in [-0.15, -0.1) is 0 Å². The Hall–Kier alpha value is -1.75. The molecule has 0 aliphatic rings. The number of nitrogens with zero attached hydrogens (tertiary/aromatic N) is 2. The summed E-state index contributed by atoms with van der Waals surface area (Å²) in [4.78, 5) is 4.37. The summed E-state index contributed by atoms with van der Waals surface area (Å²) in [5, 5.41) is 3.95. The van der Waals surface area contributed by atoms with Gasteiger partial charge in [-0.05, 0) is 55.5 Å². The Labute approximate surface area is 124 Å². The number of aryl methyl sites for hydroxylation is 1. The molecule has 2 rings (SSSR count). The molecule has 114 valence electrons. The molecule has 1 aromatic carbocycles. The molecule has 1 unspecified atom stereocenters. The van der Waals surface area contributed by atoms with Crippen LogP contribution in [-0.4, -0.2) is 16.7 Å². The fraction of sp³-hybridized carbons (Fsp3) is 0.500. The molecule has 0 saturated heterocycles. The molecule has 0 fully saturated rings. The topological polar surface area (TPSA) is 64.9 Å². The summed E-state index contributed by atoms with van der Waals surface area (Å²) in [6.07, 6.45) is 2.74. The van der Waals surface area contributed by atoms with Crippen molar-refractivity contribution >= 4 is 0 Å². The Morgan fingerprint density at radius 2 is 1.90 bits per heavy atom. The van der Waals surface area contributed by atoms with E-state index in [1.54, 1.807) is 12.1 Å². The van der Waals surface area contributed by atoms with Gasteiger partial charge in [-0.3, -0.25) is 0 Å². The minimum absolute atomic E-state index is 0.274. The van der Waals surface area contributed by atoms with E-state index in [-0.39, 0.29) is 5.82 Å². The van der Waals surface area contributed by atoms with Gasteiger partial charge < -0.3 is 10.3 Å². The van der Waals surface area contributed by atoms with Crippen LogP contribution in [0.15, 0.2) is 28.8 Å². The Balaban J connectivity index is 1.98. The first-order chi connectivity index (χ1) is 10.1. The van der Waals surface area contributed by atoms with Gasteiger partial charge in [0.1, 0.15) is 5.82 Å². The zero-order valence-corrected chi connectivity index (χ0v) is 12.6. The van der Waals surface area contributed by atoms with Crippen LogP contribution in [0.3, 0.4) is 0 Å². The molecule has 2 aromatic rings. The quantitative estimate of drug-likeness (QED) is 0.848. The molecule has 0 amide bonds. The lowest BCUT2D eigenvalue weighted by atomic mass is 9.88. The molecule has 5 heteroatoms. The van der Waals surface area contributed by atoms with Crippen molar-refractivity contribution in [3.8, 4) is 11.4 Å². The second-order valence-electron chi connectivity index (χ2n) is 5.64. The van der Waals surface area contributed by atoms with Crippen LogP contribution in [0.25, 0.3) is 11.4 Å². The van der Waals surface area contributed by atoms with E-state index in [1.165, 1.54) is 12.1 Å². The van der Waals surface area contributed by atoms with Crippen LogP contribution in [0.4, 0.5) is 4.39 Å². The molecule has 1 heterocycles. The third-order valence-corrected chi connectivity index (χ3v) is 3.78. The largest absolute Gasteiger partial charge is 0.339 e. The highest BCUT2D eigenvalue weighted by atomic mass is 19.1. The van der Waals surface area contributed by atoms with Crippen molar-refractivity contribution < 1.29 is 8.91 Å². The lowest BCUT2D eigenvalue weighted by Gasteiger charge is -2.18. The van der Waals surface area contributed by atoms with Gasteiger partial charge in [0.2, 0.25) is 11.7 Å². The van der Waals surface area contributed by atoms with E-state index < -0.39 is 0 Å². The molecule has 0 radical (unpaired) electrons. The molecule has 2 N–H and O–H groups in total. The maximum atomic E-state index is 12.9. The van der Waals surface area contributed by atoms with Crippen molar-refractivity contribution in [1.29, 1.82) is 0 Å². The summed E-state index contributed by atoms with van der Waals surface area (Å²) >= 11 is 0. The lowest BCUT2D eigenvalue weighted by Crippen LogP contribution is -2.15. The summed E-state index contributed by atoms with van der Waals surface area (Å²) < 4.78 is 18.2. The molecule has 0 aliphatic carbocycles. The summed E-state index contributed by atoms with van der Waals surface area (Å²) in [6.45, 7) is 5.11. The van der Waals surface area contributed by atoms with Gasteiger partial charge in [0, 0.05) is 12.0 Å². The SMILES string of the molecule is CC(C)C(CCN)CCc1nc(-c2ccc(F)cc2)no1. The van der Waals surface area contributed by atoms with Crippen LogP contribution in [0.5, 0.6) is 0 Å². The minimum atomic E-state index is -0.274.